The van der Waals surface area contributed by atoms with Crippen molar-refractivity contribution in [2.45, 2.75) is 27.2 Å². The Balaban J connectivity index is 1.94. The largest absolute Gasteiger partial charge is 0.460 e. The van der Waals surface area contributed by atoms with Gasteiger partial charge in [-0.2, -0.15) is 0 Å². The van der Waals surface area contributed by atoms with E-state index in [1.807, 2.05) is 38.4 Å². The van der Waals surface area contributed by atoms with Gasteiger partial charge in [0.15, 0.2) is 0 Å². The van der Waals surface area contributed by atoms with Crippen molar-refractivity contribution in [3.63, 3.8) is 0 Å². The number of H-pyrrole nitrogens is 1. The summed E-state index contributed by atoms with van der Waals surface area (Å²) < 4.78 is 19.6. The first-order chi connectivity index (χ1) is 12.5. The molecule has 0 atom stereocenters. The molecule has 3 rings (SSSR count). The van der Waals surface area contributed by atoms with E-state index in [-0.39, 0.29) is 5.82 Å². The summed E-state index contributed by atoms with van der Waals surface area (Å²) in [6, 6.07) is 11.0. The maximum absolute atomic E-state index is 13.4. The average molecular weight is 352 g/mol. The monoisotopic (exact) mass is 352 g/mol. The molecular weight excluding hydrogens is 327 g/mol. The van der Waals surface area contributed by atoms with Crippen LogP contribution in [0.5, 0.6) is 5.75 Å². The summed E-state index contributed by atoms with van der Waals surface area (Å²) in [6.45, 7) is 6.98. The Kier molecular flexibility index (Phi) is 5.43. The lowest BCUT2D eigenvalue weighted by molar-refractivity contribution is 0.397. The molecule has 2 N–H and O–H groups in total. The Labute approximate surface area is 153 Å². The van der Waals surface area contributed by atoms with Gasteiger partial charge in [0.25, 0.3) is 0 Å². The lowest BCUT2D eigenvalue weighted by atomic mass is 10.0. The van der Waals surface area contributed by atoms with E-state index in [9.17, 15) is 4.39 Å². The topological polar surface area (TPSA) is 37.0 Å². The zero-order valence-corrected chi connectivity index (χ0v) is 15.7. The third kappa shape index (κ3) is 3.65. The van der Waals surface area contributed by atoms with Crippen LogP contribution in [0.4, 0.5) is 4.39 Å². The maximum atomic E-state index is 13.4. The molecule has 0 radical (unpaired) electrons. The number of hydrogen-bond acceptors (Lipinski definition) is 2. The first-order valence-electron chi connectivity index (χ1n) is 8.92. The molecule has 1 heterocycles. The van der Waals surface area contributed by atoms with Crippen molar-refractivity contribution < 1.29 is 9.13 Å². The number of hydrogen-bond donors (Lipinski definition) is 2. The Morgan fingerprint density at radius 1 is 1.19 bits per heavy atom. The number of fused-ring (bicyclic) bond motifs is 1. The number of halogens is 1. The molecule has 1 aromatic heterocycles. The SMILES string of the molecule is CCC(C)=C(CNC)Oc1ccc(-c2c[nH]c3cc(F)ccc23)cc1C. The molecule has 26 heavy (non-hydrogen) atoms. The molecule has 0 aliphatic heterocycles. The summed E-state index contributed by atoms with van der Waals surface area (Å²) in [5.74, 6) is 1.59. The molecule has 0 aliphatic carbocycles. The molecule has 0 unspecified atom stereocenters. The number of rotatable bonds is 6. The van der Waals surface area contributed by atoms with E-state index in [2.05, 4.69) is 30.2 Å². The van der Waals surface area contributed by atoms with Crippen LogP contribution in [0.1, 0.15) is 25.8 Å². The summed E-state index contributed by atoms with van der Waals surface area (Å²) >= 11 is 0. The fourth-order valence-electron chi connectivity index (χ4n) is 3.03. The second-order valence-corrected chi connectivity index (χ2v) is 6.56. The Morgan fingerprint density at radius 3 is 2.69 bits per heavy atom. The maximum Gasteiger partial charge on any atom is 0.129 e. The highest BCUT2D eigenvalue weighted by Gasteiger charge is 2.11. The molecular formula is C22H25FN2O. The van der Waals surface area contributed by atoms with Crippen molar-refractivity contribution in [1.29, 1.82) is 0 Å². The highest BCUT2D eigenvalue weighted by molar-refractivity contribution is 5.95. The van der Waals surface area contributed by atoms with E-state index >= 15 is 0 Å². The van der Waals surface area contributed by atoms with Gasteiger partial charge in [-0.1, -0.05) is 13.0 Å². The van der Waals surface area contributed by atoms with Crippen molar-refractivity contribution >= 4 is 10.9 Å². The van der Waals surface area contributed by atoms with E-state index in [0.717, 1.165) is 45.5 Å². The van der Waals surface area contributed by atoms with Crippen LogP contribution in [0.15, 0.2) is 53.9 Å². The smallest absolute Gasteiger partial charge is 0.129 e. The predicted octanol–water partition coefficient (Wildman–Crippen LogP) is 5.56. The fraction of sp³-hybridized carbons (Fsp3) is 0.273. The summed E-state index contributed by atoms with van der Waals surface area (Å²) in [5, 5.41) is 4.17. The average Bonchev–Trinajstić information content (AvgIpc) is 3.05. The van der Waals surface area contributed by atoms with Gasteiger partial charge in [-0.15, -0.1) is 0 Å². The third-order valence-corrected chi connectivity index (χ3v) is 4.71. The van der Waals surface area contributed by atoms with Crippen LogP contribution >= 0.6 is 0 Å². The van der Waals surface area contributed by atoms with Gasteiger partial charge in [0.1, 0.15) is 17.3 Å². The lowest BCUT2D eigenvalue weighted by Crippen LogP contribution is -2.16. The Hall–Kier alpha value is -2.59. The minimum absolute atomic E-state index is 0.235. The van der Waals surface area contributed by atoms with Crippen LogP contribution < -0.4 is 10.1 Å². The standard InChI is InChI=1S/C22H25FN2O/c1-5-14(2)22(13-24-4)26-21-9-6-16(10-15(21)3)19-12-25-20-11-17(23)7-8-18(19)20/h6-12,24-25H,5,13H2,1-4H3. The van der Waals surface area contributed by atoms with E-state index in [1.165, 1.54) is 17.7 Å². The quantitative estimate of drug-likeness (QED) is 0.570. The number of aromatic nitrogens is 1. The predicted molar refractivity (Wildman–Crippen MR) is 106 cm³/mol. The molecule has 2 aromatic carbocycles. The normalized spacial score (nSPS) is 12.3. The second kappa shape index (κ2) is 7.75. The highest BCUT2D eigenvalue weighted by atomic mass is 19.1. The second-order valence-electron chi connectivity index (χ2n) is 6.56. The first kappa shape index (κ1) is 18.2. The first-order valence-corrected chi connectivity index (χ1v) is 8.92. The van der Waals surface area contributed by atoms with Crippen molar-refractivity contribution in [2.75, 3.05) is 13.6 Å². The molecule has 0 fully saturated rings. The van der Waals surface area contributed by atoms with Crippen molar-refractivity contribution in [3.05, 3.63) is 65.3 Å². The van der Waals surface area contributed by atoms with E-state index in [1.54, 1.807) is 0 Å². The zero-order chi connectivity index (χ0) is 18.7. The third-order valence-electron chi connectivity index (χ3n) is 4.71. The van der Waals surface area contributed by atoms with E-state index in [0.29, 0.717) is 6.54 Å². The fourth-order valence-corrected chi connectivity index (χ4v) is 3.03. The van der Waals surface area contributed by atoms with Gasteiger partial charge in [0.05, 0.1) is 6.54 Å². The molecule has 0 saturated heterocycles. The van der Waals surface area contributed by atoms with Crippen LogP contribution in [0.25, 0.3) is 22.0 Å². The minimum Gasteiger partial charge on any atom is -0.460 e. The molecule has 136 valence electrons. The number of likely N-dealkylation sites (N-methyl/N-ethyl adjacent to an activating group) is 1. The molecule has 3 aromatic rings. The van der Waals surface area contributed by atoms with E-state index in [4.69, 9.17) is 4.74 Å². The van der Waals surface area contributed by atoms with Gasteiger partial charge in [0.2, 0.25) is 0 Å². The molecule has 4 heteroatoms. The van der Waals surface area contributed by atoms with Crippen LogP contribution in [0.3, 0.4) is 0 Å². The summed E-state index contributed by atoms with van der Waals surface area (Å²) in [7, 11) is 1.92. The van der Waals surface area contributed by atoms with Crippen LogP contribution in [0, 0.1) is 12.7 Å². The van der Waals surface area contributed by atoms with Crippen LogP contribution in [0.2, 0.25) is 0 Å². The Morgan fingerprint density at radius 2 is 2.00 bits per heavy atom. The van der Waals surface area contributed by atoms with Gasteiger partial charge < -0.3 is 15.0 Å². The van der Waals surface area contributed by atoms with Crippen molar-refractivity contribution in [3.8, 4) is 16.9 Å². The number of aromatic amines is 1. The number of benzene rings is 2. The van der Waals surface area contributed by atoms with Crippen molar-refractivity contribution in [2.24, 2.45) is 0 Å². The minimum atomic E-state index is -0.235. The molecule has 0 amide bonds. The number of aryl methyl sites for hydroxylation is 1. The zero-order valence-electron chi connectivity index (χ0n) is 15.7. The number of nitrogens with one attached hydrogen (secondary N) is 2. The van der Waals surface area contributed by atoms with E-state index < -0.39 is 0 Å². The van der Waals surface area contributed by atoms with Gasteiger partial charge >= 0.3 is 0 Å². The van der Waals surface area contributed by atoms with Gasteiger partial charge in [-0.3, -0.25) is 0 Å². The Bertz CT molecular complexity index is 956. The summed E-state index contributed by atoms with van der Waals surface area (Å²) in [4.78, 5) is 3.15. The molecule has 0 bridgehead atoms. The van der Waals surface area contributed by atoms with Gasteiger partial charge in [0, 0.05) is 22.7 Å². The summed E-state index contributed by atoms with van der Waals surface area (Å²) in [5.41, 5.74) is 5.25. The molecule has 0 saturated carbocycles. The molecule has 0 spiro atoms. The van der Waals surface area contributed by atoms with Crippen LogP contribution in [-0.4, -0.2) is 18.6 Å². The van der Waals surface area contributed by atoms with Gasteiger partial charge in [-0.25, -0.2) is 4.39 Å². The van der Waals surface area contributed by atoms with Crippen LogP contribution in [-0.2, 0) is 0 Å². The molecule has 0 aliphatic rings. The molecule has 3 nitrogen and oxygen atoms in total. The highest BCUT2D eigenvalue weighted by Crippen LogP contribution is 2.32. The number of ether oxygens (including phenoxy) is 1. The summed E-state index contributed by atoms with van der Waals surface area (Å²) in [6.07, 6.45) is 2.88. The van der Waals surface area contributed by atoms with Gasteiger partial charge in [-0.05, 0) is 74.3 Å². The lowest BCUT2D eigenvalue weighted by Gasteiger charge is -2.15. The van der Waals surface area contributed by atoms with Crippen molar-refractivity contribution in [1.82, 2.24) is 10.3 Å². The number of allylic oxidation sites excluding steroid dienone is 1.